The van der Waals surface area contributed by atoms with Gasteiger partial charge in [-0.2, -0.15) is 0 Å². The van der Waals surface area contributed by atoms with Gasteiger partial charge in [-0.15, -0.1) is 0 Å². The van der Waals surface area contributed by atoms with Gasteiger partial charge in [-0.25, -0.2) is 14.8 Å². The van der Waals surface area contributed by atoms with E-state index in [1.165, 1.54) is 22.8 Å². The van der Waals surface area contributed by atoms with Crippen LogP contribution in [0.2, 0.25) is 0 Å². The SMILES string of the molecule is CCOC(=O)N1CCN(C(=O)C(CCC(=O)O)NC(=O)c2cc([C@H](C)O)nc(-c3ccccc3)n2)CC1. The predicted octanol–water partition coefficient (Wildman–Crippen LogP) is 1.46. The fraction of sp³-hybridized carbons (Fsp3) is 0.440. The van der Waals surface area contributed by atoms with E-state index in [4.69, 9.17) is 9.84 Å². The maximum absolute atomic E-state index is 13.3. The summed E-state index contributed by atoms with van der Waals surface area (Å²) >= 11 is 0. The summed E-state index contributed by atoms with van der Waals surface area (Å²) in [5.74, 6) is -2.03. The van der Waals surface area contributed by atoms with Gasteiger partial charge in [0.1, 0.15) is 11.7 Å². The van der Waals surface area contributed by atoms with Crippen LogP contribution < -0.4 is 5.32 Å². The third-order valence-electron chi connectivity index (χ3n) is 5.81. The van der Waals surface area contributed by atoms with Crippen LogP contribution in [-0.4, -0.2) is 92.7 Å². The van der Waals surface area contributed by atoms with E-state index in [1.54, 1.807) is 31.2 Å². The average molecular weight is 514 g/mol. The Hall–Kier alpha value is -4.06. The normalized spacial score (nSPS) is 15.0. The van der Waals surface area contributed by atoms with Crippen molar-refractivity contribution < 1.29 is 34.1 Å². The Balaban J connectivity index is 1.79. The van der Waals surface area contributed by atoms with Gasteiger partial charge >= 0.3 is 12.1 Å². The van der Waals surface area contributed by atoms with E-state index >= 15 is 0 Å². The number of aliphatic hydroxyl groups is 1. The quantitative estimate of drug-likeness (QED) is 0.450. The van der Waals surface area contributed by atoms with Crippen molar-refractivity contribution in [2.45, 2.75) is 38.8 Å². The fourth-order valence-corrected chi connectivity index (χ4v) is 3.81. The number of aliphatic carboxylic acids is 1. The van der Waals surface area contributed by atoms with Gasteiger partial charge in [0.15, 0.2) is 5.82 Å². The van der Waals surface area contributed by atoms with Gasteiger partial charge in [0.25, 0.3) is 5.91 Å². The molecule has 198 valence electrons. The second kappa shape index (κ2) is 12.8. The highest BCUT2D eigenvalue weighted by atomic mass is 16.6. The molecule has 0 spiro atoms. The van der Waals surface area contributed by atoms with Crippen molar-refractivity contribution in [3.05, 3.63) is 47.8 Å². The van der Waals surface area contributed by atoms with E-state index < -0.39 is 36.0 Å². The predicted molar refractivity (Wildman–Crippen MR) is 131 cm³/mol. The maximum Gasteiger partial charge on any atom is 0.409 e. The second-order valence-corrected chi connectivity index (χ2v) is 8.51. The van der Waals surface area contributed by atoms with Gasteiger partial charge in [0, 0.05) is 38.2 Å². The minimum atomic E-state index is -1.12. The largest absolute Gasteiger partial charge is 0.481 e. The number of aliphatic hydroxyl groups excluding tert-OH is 1. The van der Waals surface area contributed by atoms with Crippen molar-refractivity contribution in [2.75, 3.05) is 32.8 Å². The molecule has 2 heterocycles. The maximum atomic E-state index is 13.3. The first-order valence-corrected chi connectivity index (χ1v) is 12.0. The topological polar surface area (TPSA) is 162 Å². The summed E-state index contributed by atoms with van der Waals surface area (Å²) in [6, 6.07) is 9.13. The molecule has 0 radical (unpaired) electrons. The number of benzene rings is 1. The van der Waals surface area contributed by atoms with E-state index in [0.29, 0.717) is 5.56 Å². The first kappa shape index (κ1) is 27.5. The molecule has 12 heteroatoms. The molecule has 12 nitrogen and oxygen atoms in total. The van der Waals surface area contributed by atoms with Gasteiger partial charge in [-0.05, 0) is 26.3 Å². The van der Waals surface area contributed by atoms with Crippen molar-refractivity contribution in [1.82, 2.24) is 25.1 Å². The van der Waals surface area contributed by atoms with Gasteiger partial charge in [0.2, 0.25) is 5.91 Å². The van der Waals surface area contributed by atoms with Gasteiger partial charge in [-0.3, -0.25) is 14.4 Å². The van der Waals surface area contributed by atoms with Crippen LogP contribution in [0.5, 0.6) is 0 Å². The number of hydrogen-bond acceptors (Lipinski definition) is 8. The van der Waals surface area contributed by atoms with Gasteiger partial charge in [0.05, 0.1) is 18.4 Å². The van der Waals surface area contributed by atoms with Crippen LogP contribution in [0, 0.1) is 0 Å². The van der Waals surface area contributed by atoms with Crippen molar-refractivity contribution in [3.63, 3.8) is 0 Å². The molecule has 0 aliphatic carbocycles. The lowest BCUT2D eigenvalue weighted by atomic mass is 10.1. The highest BCUT2D eigenvalue weighted by Crippen LogP contribution is 2.19. The van der Waals surface area contributed by atoms with Crippen LogP contribution in [0.25, 0.3) is 11.4 Å². The summed E-state index contributed by atoms with van der Waals surface area (Å²) < 4.78 is 4.99. The summed E-state index contributed by atoms with van der Waals surface area (Å²) in [6.45, 7) is 4.41. The number of carboxylic acid groups (broad SMARTS) is 1. The summed E-state index contributed by atoms with van der Waals surface area (Å²) in [6.07, 6.45) is -1.90. The Labute approximate surface area is 214 Å². The van der Waals surface area contributed by atoms with E-state index in [0.717, 1.165) is 0 Å². The number of carbonyl (C=O) groups excluding carboxylic acids is 3. The molecule has 1 aliphatic heterocycles. The zero-order valence-electron chi connectivity index (χ0n) is 20.8. The lowest BCUT2D eigenvalue weighted by Gasteiger charge is -2.35. The van der Waals surface area contributed by atoms with Crippen LogP contribution in [0.15, 0.2) is 36.4 Å². The summed E-state index contributed by atoms with van der Waals surface area (Å²) in [5.41, 5.74) is 0.796. The highest BCUT2D eigenvalue weighted by molar-refractivity contribution is 5.96. The first-order chi connectivity index (χ1) is 17.7. The average Bonchev–Trinajstić information content (AvgIpc) is 2.90. The lowest BCUT2D eigenvalue weighted by Crippen LogP contribution is -2.56. The second-order valence-electron chi connectivity index (χ2n) is 8.51. The molecule has 1 aromatic carbocycles. The molecule has 1 unspecified atom stereocenters. The van der Waals surface area contributed by atoms with Crippen molar-refractivity contribution >= 4 is 23.9 Å². The number of ether oxygens (including phenoxy) is 1. The number of carbonyl (C=O) groups is 4. The van der Waals surface area contributed by atoms with Crippen LogP contribution in [0.3, 0.4) is 0 Å². The fourth-order valence-electron chi connectivity index (χ4n) is 3.81. The molecule has 2 aromatic rings. The number of nitrogens with one attached hydrogen (secondary N) is 1. The summed E-state index contributed by atoms with van der Waals surface area (Å²) in [7, 11) is 0. The van der Waals surface area contributed by atoms with Gasteiger partial charge < -0.3 is 30.1 Å². The molecule has 3 rings (SSSR count). The van der Waals surface area contributed by atoms with Crippen molar-refractivity contribution in [1.29, 1.82) is 0 Å². The molecule has 0 saturated carbocycles. The monoisotopic (exact) mass is 513 g/mol. The number of aromatic nitrogens is 2. The molecule has 1 fully saturated rings. The number of hydrogen-bond donors (Lipinski definition) is 3. The molecule has 3 N–H and O–H groups in total. The third kappa shape index (κ3) is 7.46. The molecule has 2 atom stereocenters. The van der Waals surface area contributed by atoms with Crippen LogP contribution >= 0.6 is 0 Å². The first-order valence-electron chi connectivity index (χ1n) is 12.0. The number of carboxylic acids is 1. The smallest absolute Gasteiger partial charge is 0.409 e. The molecule has 1 aromatic heterocycles. The van der Waals surface area contributed by atoms with Crippen molar-refractivity contribution in [3.8, 4) is 11.4 Å². The molecule has 1 saturated heterocycles. The molecule has 3 amide bonds. The van der Waals surface area contributed by atoms with Crippen molar-refractivity contribution in [2.24, 2.45) is 0 Å². The van der Waals surface area contributed by atoms with Gasteiger partial charge in [-0.1, -0.05) is 30.3 Å². The third-order valence-corrected chi connectivity index (χ3v) is 5.81. The Morgan fingerprint density at radius 1 is 1.05 bits per heavy atom. The van der Waals surface area contributed by atoms with E-state index in [-0.39, 0.29) is 62.8 Å². The number of amides is 3. The minimum Gasteiger partial charge on any atom is -0.481 e. The molecular formula is C25H31N5O7. The standard InChI is InChI=1S/C25H31N5O7/c1-3-37-25(36)30-13-11-29(12-14-30)24(35)18(9-10-21(32)33)28-23(34)20-15-19(16(2)31)26-22(27-20)17-7-5-4-6-8-17/h4-8,15-16,18,31H,3,9-14H2,1-2H3,(H,28,34)(H,32,33)/t16-,18?/m0/s1. The Morgan fingerprint density at radius 3 is 2.30 bits per heavy atom. The molecular weight excluding hydrogens is 482 g/mol. The van der Waals surface area contributed by atoms with E-state index in [2.05, 4.69) is 15.3 Å². The lowest BCUT2D eigenvalue weighted by molar-refractivity contribution is -0.138. The molecule has 0 bridgehead atoms. The summed E-state index contributed by atoms with van der Waals surface area (Å²) in [5, 5.41) is 21.9. The molecule has 1 aliphatic rings. The van der Waals surface area contributed by atoms with Crippen LogP contribution in [-0.2, 0) is 14.3 Å². The Bertz CT molecular complexity index is 1120. The number of piperazine rings is 1. The number of rotatable bonds is 9. The number of nitrogens with zero attached hydrogens (tertiary/aromatic N) is 4. The van der Waals surface area contributed by atoms with E-state index in [9.17, 15) is 24.3 Å². The highest BCUT2D eigenvalue weighted by Gasteiger charge is 2.31. The Kier molecular flexibility index (Phi) is 9.50. The zero-order valence-corrected chi connectivity index (χ0v) is 20.8. The minimum absolute atomic E-state index is 0.0648. The van der Waals surface area contributed by atoms with E-state index in [1.807, 2.05) is 6.07 Å². The van der Waals surface area contributed by atoms with Crippen LogP contribution in [0.4, 0.5) is 4.79 Å². The van der Waals surface area contributed by atoms with Crippen LogP contribution in [0.1, 0.15) is 49.0 Å². The Morgan fingerprint density at radius 2 is 1.70 bits per heavy atom. The summed E-state index contributed by atoms with van der Waals surface area (Å²) in [4.78, 5) is 61.2. The zero-order chi connectivity index (χ0) is 26.9. The molecule has 37 heavy (non-hydrogen) atoms.